The summed E-state index contributed by atoms with van der Waals surface area (Å²) in [7, 11) is 2.82. The number of nitrogens with zero attached hydrogens (tertiary/aromatic N) is 3. The number of rotatable bonds is 8. The molecule has 0 spiro atoms. The molecular formula is C35H29N3O5. The number of anilines is 1. The van der Waals surface area contributed by atoms with Crippen molar-refractivity contribution in [2.45, 2.75) is 18.9 Å². The van der Waals surface area contributed by atoms with Gasteiger partial charge in [0.25, 0.3) is 0 Å². The summed E-state index contributed by atoms with van der Waals surface area (Å²) in [6.45, 7) is 1.98. The first-order chi connectivity index (χ1) is 20.9. The second-order valence-electron chi connectivity index (χ2n) is 10.3. The lowest BCUT2D eigenvalue weighted by Gasteiger charge is -2.46. The van der Waals surface area contributed by atoms with E-state index in [1.165, 1.54) is 12.0 Å². The number of aryl methyl sites for hydroxylation is 1. The van der Waals surface area contributed by atoms with Crippen LogP contribution in [0, 0.1) is 6.92 Å². The van der Waals surface area contributed by atoms with Crippen LogP contribution in [0.25, 0.3) is 16.9 Å². The minimum absolute atomic E-state index is 0.0931. The first-order valence-electron chi connectivity index (χ1n) is 13.8. The van der Waals surface area contributed by atoms with E-state index in [1.54, 1.807) is 36.1 Å². The van der Waals surface area contributed by atoms with E-state index in [4.69, 9.17) is 9.47 Å². The summed E-state index contributed by atoms with van der Waals surface area (Å²) in [5.74, 6) is -1.52. The number of hydrogen-bond acceptors (Lipinski definition) is 6. The molecule has 214 valence electrons. The van der Waals surface area contributed by atoms with Crippen LogP contribution in [-0.4, -0.2) is 47.7 Å². The lowest BCUT2D eigenvalue weighted by Crippen LogP contribution is -2.63. The fourth-order valence-electron chi connectivity index (χ4n) is 5.55. The summed E-state index contributed by atoms with van der Waals surface area (Å²) >= 11 is 0. The number of Topliss-reactive ketones (excluding diaryl/α,β-unsaturated/α-hetero) is 1. The van der Waals surface area contributed by atoms with Gasteiger partial charge in [0.1, 0.15) is 11.8 Å². The highest BCUT2D eigenvalue weighted by Crippen LogP contribution is 2.43. The number of ether oxygens (including phenoxy) is 2. The van der Waals surface area contributed by atoms with Crippen LogP contribution >= 0.6 is 0 Å². The number of benzene rings is 4. The van der Waals surface area contributed by atoms with Gasteiger partial charge < -0.3 is 9.47 Å². The zero-order valence-corrected chi connectivity index (χ0v) is 23.9. The van der Waals surface area contributed by atoms with E-state index in [2.05, 4.69) is 5.10 Å². The minimum atomic E-state index is -0.940. The van der Waals surface area contributed by atoms with Crippen molar-refractivity contribution in [3.05, 3.63) is 132 Å². The molecule has 6 rings (SSSR count). The zero-order valence-electron chi connectivity index (χ0n) is 23.9. The number of β-lactam (4-membered cyclic amide) rings is 1. The third-order valence-corrected chi connectivity index (χ3v) is 7.71. The van der Waals surface area contributed by atoms with Crippen molar-refractivity contribution >= 4 is 23.3 Å². The second-order valence-corrected chi connectivity index (χ2v) is 10.3. The van der Waals surface area contributed by atoms with E-state index in [0.717, 1.165) is 5.56 Å². The molecule has 1 saturated heterocycles. The van der Waals surface area contributed by atoms with Crippen molar-refractivity contribution in [1.82, 2.24) is 9.78 Å². The highest BCUT2D eigenvalue weighted by molar-refractivity contribution is 6.22. The smallest absolute Gasteiger partial charge is 0.359 e. The van der Waals surface area contributed by atoms with Crippen LogP contribution in [0.5, 0.6) is 5.75 Å². The average molecular weight is 572 g/mol. The Morgan fingerprint density at radius 1 is 0.767 bits per heavy atom. The number of carbonyl (C=O) groups excluding carboxylic acids is 3. The van der Waals surface area contributed by atoms with Crippen molar-refractivity contribution in [1.29, 1.82) is 0 Å². The molecule has 0 radical (unpaired) electrons. The topological polar surface area (TPSA) is 90.7 Å². The number of ketones is 1. The molecule has 5 aromatic rings. The average Bonchev–Trinajstić information content (AvgIpc) is 3.45. The van der Waals surface area contributed by atoms with Crippen LogP contribution in [0.3, 0.4) is 0 Å². The van der Waals surface area contributed by atoms with Gasteiger partial charge in [-0.2, -0.15) is 5.10 Å². The molecule has 8 nitrogen and oxygen atoms in total. The summed E-state index contributed by atoms with van der Waals surface area (Å²) in [4.78, 5) is 43.4. The van der Waals surface area contributed by atoms with Gasteiger partial charge >= 0.3 is 5.97 Å². The monoisotopic (exact) mass is 571 g/mol. The molecule has 0 N–H and O–H groups in total. The minimum Gasteiger partial charge on any atom is -0.497 e. The Labute approximate surface area is 249 Å². The lowest BCUT2D eigenvalue weighted by atomic mass is 9.76. The van der Waals surface area contributed by atoms with Crippen LogP contribution in [0.15, 0.2) is 109 Å². The maximum atomic E-state index is 14.9. The van der Waals surface area contributed by atoms with Gasteiger partial charge in [-0.05, 0) is 48.9 Å². The van der Waals surface area contributed by atoms with E-state index in [9.17, 15) is 14.4 Å². The molecule has 4 aromatic carbocycles. The first kappa shape index (κ1) is 27.7. The normalized spacial score (nSPS) is 16.0. The standard InChI is InChI=1S/C35H29N3O5/c1-22-14-16-26(17-15-22)38-31(24-12-8-5-9-13-24)29(30(36-38)35(41)43-3)33(39)32-28(23-10-6-4-7-11-23)34(40)37(32)25-18-20-27(42-2)21-19-25/h4-21,28,32H,1-3H3/t28-,32-/m1/s1. The summed E-state index contributed by atoms with van der Waals surface area (Å²) in [6, 6.07) is 32.2. The zero-order chi connectivity index (χ0) is 30.1. The summed E-state index contributed by atoms with van der Waals surface area (Å²) in [5.41, 5.74) is 4.08. The Hall–Kier alpha value is -5.50. The van der Waals surface area contributed by atoms with Crippen LogP contribution in [0.1, 0.15) is 37.9 Å². The Balaban J connectivity index is 1.58. The van der Waals surface area contributed by atoms with Crippen molar-refractivity contribution in [2.75, 3.05) is 19.1 Å². The van der Waals surface area contributed by atoms with E-state index < -0.39 is 23.7 Å². The molecule has 1 aromatic heterocycles. The van der Waals surface area contributed by atoms with E-state index in [1.807, 2.05) is 91.9 Å². The van der Waals surface area contributed by atoms with Gasteiger partial charge in [0.2, 0.25) is 5.91 Å². The second kappa shape index (κ2) is 11.4. The number of aromatic nitrogens is 2. The fourth-order valence-corrected chi connectivity index (χ4v) is 5.55. The lowest BCUT2D eigenvalue weighted by molar-refractivity contribution is -0.125. The predicted molar refractivity (Wildman–Crippen MR) is 163 cm³/mol. The molecule has 8 heteroatoms. The summed E-state index contributed by atoms with van der Waals surface area (Å²) in [5, 5.41) is 4.66. The molecular weight excluding hydrogens is 542 g/mol. The molecule has 43 heavy (non-hydrogen) atoms. The Morgan fingerprint density at radius 3 is 1.98 bits per heavy atom. The molecule has 2 atom stereocenters. The predicted octanol–water partition coefficient (Wildman–Crippen LogP) is 6.02. The SMILES string of the molecule is COC(=O)c1nn(-c2ccc(C)cc2)c(-c2ccccc2)c1C(=O)[C@H]1[C@@H](c2ccccc2)C(=O)N1c1ccc(OC)cc1. The number of carbonyl (C=O) groups is 3. The van der Waals surface area contributed by atoms with Crippen LogP contribution < -0.4 is 9.64 Å². The highest BCUT2D eigenvalue weighted by atomic mass is 16.5. The van der Waals surface area contributed by atoms with Crippen LogP contribution in [-0.2, 0) is 9.53 Å². The largest absolute Gasteiger partial charge is 0.497 e. The van der Waals surface area contributed by atoms with Gasteiger partial charge in [0.15, 0.2) is 11.5 Å². The van der Waals surface area contributed by atoms with Gasteiger partial charge in [0, 0.05) is 11.3 Å². The molecule has 2 heterocycles. The number of hydrogen-bond donors (Lipinski definition) is 0. The summed E-state index contributed by atoms with van der Waals surface area (Å²) < 4.78 is 12.0. The Bertz CT molecular complexity index is 1800. The maximum Gasteiger partial charge on any atom is 0.359 e. The molecule has 1 aliphatic rings. The first-order valence-corrected chi connectivity index (χ1v) is 13.8. The molecule has 1 aliphatic heterocycles. The molecule has 0 unspecified atom stereocenters. The third-order valence-electron chi connectivity index (χ3n) is 7.71. The number of amides is 1. The third kappa shape index (κ3) is 4.86. The van der Waals surface area contributed by atoms with Crippen LogP contribution in [0.2, 0.25) is 0 Å². The maximum absolute atomic E-state index is 14.9. The van der Waals surface area contributed by atoms with Gasteiger partial charge in [0.05, 0.1) is 37.1 Å². The molecule has 1 amide bonds. The molecule has 0 bridgehead atoms. The highest BCUT2D eigenvalue weighted by Gasteiger charge is 2.54. The molecule has 0 saturated carbocycles. The molecule has 0 aliphatic carbocycles. The van der Waals surface area contributed by atoms with Gasteiger partial charge in [-0.3, -0.25) is 14.5 Å². The van der Waals surface area contributed by atoms with Crippen molar-refractivity contribution in [2.24, 2.45) is 0 Å². The van der Waals surface area contributed by atoms with Crippen molar-refractivity contribution < 1.29 is 23.9 Å². The van der Waals surface area contributed by atoms with Gasteiger partial charge in [-0.1, -0.05) is 78.4 Å². The van der Waals surface area contributed by atoms with Gasteiger partial charge in [-0.25, -0.2) is 9.48 Å². The fraction of sp³-hybridized carbons (Fsp3) is 0.143. The van der Waals surface area contributed by atoms with E-state index >= 15 is 0 Å². The number of esters is 1. The van der Waals surface area contributed by atoms with Crippen LogP contribution in [0.4, 0.5) is 5.69 Å². The van der Waals surface area contributed by atoms with E-state index in [-0.39, 0.29) is 17.2 Å². The molecule has 1 fully saturated rings. The van der Waals surface area contributed by atoms with Gasteiger partial charge in [-0.15, -0.1) is 0 Å². The Kier molecular flexibility index (Phi) is 7.34. The summed E-state index contributed by atoms with van der Waals surface area (Å²) in [6.07, 6.45) is 0. The van der Waals surface area contributed by atoms with Crippen molar-refractivity contribution in [3.63, 3.8) is 0 Å². The van der Waals surface area contributed by atoms with E-state index in [0.29, 0.717) is 33.9 Å². The van der Waals surface area contributed by atoms with Crippen molar-refractivity contribution in [3.8, 4) is 22.7 Å². The quantitative estimate of drug-likeness (QED) is 0.128. The number of methoxy groups -OCH3 is 2. The Morgan fingerprint density at radius 2 is 1.37 bits per heavy atom.